The van der Waals surface area contributed by atoms with Crippen LogP contribution in [0.1, 0.15) is 41.4 Å². The van der Waals surface area contributed by atoms with Gasteiger partial charge in [-0.1, -0.05) is 63.7 Å². The molecule has 0 unspecified atom stereocenters. The first-order chi connectivity index (χ1) is 16.2. The lowest BCUT2D eigenvalue weighted by Crippen LogP contribution is -2.21. The maximum Gasteiger partial charge on any atom is 0.346 e. The van der Waals surface area contributed by atoms with Crippen LogP contribution in [0.5, 0.6) is 0 Å². The summed E-state index contributed by atoms with van der Waals surface area (Å²) in [5.41, 5.74) is 1.09. The minimum atomic E-state index is -0.722. The SMILES string of the molecule is O=C1OC(=O)c2cc(Br)c3c4c(Br)cc5c6c(cc(Br)c(c7c(Br)cc1c2c73)c64)C(=O)OC5=O. The van der Waals surface area contributed by atoms with E-state index in [1.807, 2.05) is 0 Å². The number of carbonyl (C=O) groups is 4. The van der Waals surface area contributed by atoms with Gasteiger partial charge in [0.25, 0.3) is 0 Å². The van der Waals surface area contributed by atoms with E-state index in [0.29, 0.717) is 39.4 Å². The molecule has 34 heavy (non-hydrogen) atoms. The van der Waals surface area contributed by atoms with E-state index in [2.05, 4.69) is 63.7 Å². The molecule has 10 heteroatoms. The molecule has 0 aliphatic carbocycles. The van der Waals surface area contributed by atoms with E-state index < -0.39 is 23.9 Å². The van der Waals surface area contributed by atoms with Crippen molar-refractivity contribution < 1.29 is 28.7 Å². The minimum absolute atomic E-state index is 0.272. The molecule has 5 aromatic carbocycles. The fraction of sp³-hybridized carbons (Fsp3) is 0. The van der Waals surface area contributed by atoms with Crippen LogP contribution in [0.2, 0.25) is 0 Å². The van der Waals surface area contributed by atoms with Gasteiger partial charge in [0.15, 0.2) is 0 Å². The zero-order valence-electron chi connectivity index (χ0n) is 16.3. The monoisotopic (exact) mass is 704 g/mol. The standard InChI is InChI=1S/C24H4Br4O6/c25-9-1-5-13-6(22(30)33-21(5)29)2-11(27)17-18-12(28)4-8-14-7(23(31)34-24(8)32)3-10(26)16(20(14)18)15(9)19(13)17/h1-4H. The van der Waals surface area contributed by atoms with Crippen molar-refractivity contribution in [3.63, 3.8) is 0 Å². The molecule has 0 atom stereocenters. The lowest BCUT2D eigenvalue weighted by atomic mass is 9.83. The van der Waals surface area contributed by atoms with Gasteiger partial charge in [-0.25, -0.2) is 19.2 Å². The average Bonchev–Trinajstić information content (AvgIpc) is 2.77. The van der Waals surface area contributed by atoms with Crippen molar-refractivity contribution in [2.24, 2.45) is 0 Å². The van der Waals surface area contributed by atoms with E-state index in [4.69, 9.17) is 9.47 Å². The molecule has 164 valence electrons. The fourth-order valence-corrected chi connectivity index (χ4v) is 7.65. The highest BCUT2D eigenvalue weighted by Crippen LogP contribution is 2.53. The Morgan fingerprint density at radius 3 is 0.853 bits per heavy atom. The number of hydrogen-bond donors (Lipinski definition) is 0. The van der Waals surface area contributed by atoms with Crippen molar-refractivity contribution in [3.8, 4) is 0 Å². The van der Waals surface area contributed by atoms with Gasteiger partial charge in [0.1, 0.15) is 0 Å². The molecule has 0 amide bonds. The van der Waals surface area contributed by atoms with Crippen molar-refractivity contribution in [1.29, 1.82) is 0 Å². The zero-order valence-corrected chi connectivity index (χ0v) is 22.6. The molecule has 0 bridgehead atoms. The third kappa shape index (κ3) is 2.35. The predicted octanol–water partition coefficient (Wildman–Crippen LogP) is 7.41. The smallest absolute Gasteiger partial charge is 0.346 e. The second kappa shape index (κ2) is 6.63. The fourth-order valence-electron chi connectivity index (χ4n) is 5.15. The summed E-state index contributed by atoms with van der Waals surface area (Å²) in [7, 11) is 0. The van der Waals surface area contributed by atoms with Gasteiger partial charge in [-0.2, -0.15) is 0 Å². The quantitative estimate of drug-likeness (QED) is 0.0722. The van der Waals surface area contributed by atoms with E-state index in [9.17, 15) is 19.2 Å². The second-order valence-corrected chi connectivity index (χ2v) is 11.4. The number of esters is 4. The van der Waals surface area contributed by atoms with Crippen molar-refractivity contribution in [3.05, 3.63) is 64.4 Å². The molecule has 6 nitrogen and oxygen atoms in total. The van der Waals surface area contributed by atoms with Gasteiger partial charge < -0.3 is 9.47 Å². The van der Waals surface area contributed by atoms with Crippen molar-refractivity contribution in [1.82, 2.24) is 0 Å². The molecular weight excluding hydrogens is 704 g/mol. The van der Waals surface area contributed by atoms with Gasteiger partial charge in [-0.3, -0.25) is 0 Å². The molecule has 0 radical (unpaired) electrons. The van der Waals surface area contributed by atoms with Gasteiger partial charge in [-0.15, -0.1) is 0 Å². The van der Waals surface area contributed by atoms with Gasteiger partial charge >= 0.3 is 23.9 Å². The first-order valence-corrected chi connectivity index (χ1v) is 12.9. The summed E-state index contributed by atoms with van der Waals surface area (Å²) < 4.78 is 12.3. The lowest BCUT2D eigenvalue weighted by Gasteiger charge is -2.25. The molecule has 2 aliphatic rings. The molecule has 0 aromatic heterocycles. The Balaban J connectivity index is 1.93. The van der Waals surface area contributed by atoms with Crippen LogP contribution in [-0.4, -0.2) is 23.9 Å². The van der Waals surface area contributed by atoms with Gasteiger partial charge in [0.05, 0.1) is 22.3 Å². The number of hydrogen-bond acceptors (Lipinski definition) is 6. The minimum Gasteiger partial charge on any atom is -0.386 e. The van der Waals surface area contributed by atoms with Crippen LogP contribution in [0.4, 0.5) is 0 Å². The zero-order chi connectivity index (χ0) is 23.8. The van der Waals surface area contributed by atoms with Crippen LogP contribution in [0.15, 0.2) is 42.2 Å². The van der Waals surface area contributed by atoms with Crippen molar-refractivity contribution in [2.75, 3.05) is 0 Å². The molecule has 0 saturated carbocycles. The first-order valence-electron chi connectivity index (χ1n) is 9.70. The van der Waals surface area contributed by atoms with Crippen LogP contribution in [0, 0.1) is 0 Å². The van der Waals surface area contributed by atoms with Gasteiger partial charge in [0, 0.05) is 61.0 Å². The van der Waals surface area contributed by atoms with Crippen LogP contribution in [-0.2, 0) is 9.47 Å². The van der Waals surface area contributed by atoms with Crippen molar-refractivity contribution >= 4 is 131 Å². The van der Waals surface area contributed by atoms with E-state index in [0.717, 1.165) is 21.5 Å². The van der Waals surface area contributed by atoms with Crippen LogP contribution >= 0.6 is 63.7 Å². The normalized spacial score (nSPS) is 15.2. The van der Waals surface area contributed by atoms with Crippen LogP contribution in [0.25, 0.3) is 43.1 Å². The number of cyclic esters (lactones) is 4. The van der Waals surface area contributed by atoms with Crippen molar-refractivity contribution in [2.45, 2.75) is 0 Å². The average molecular weight is 708 g/mol. The summed E-state index contributed by atoms with van der Waals surface area (Å²) in [4.78, 5) is 50.6. The summed E-state index contributed by atoms with van der Waals surface area (Å²) in [6.45, 7) is 0. The van der Waals surface area contributed by atoms with E-state index in [-0.39, 0.29) is 22.3 Å². The Bertz CT molecular complexity index is 1660. The van der Waals surface area contributed by atoms with E-state index in [1.165, 1.54) is 0 Å². The Morgan fingerprint density at radius 2 is 0.618 bits per heavy atom. The first kappa shape index (κ1) is 20.9. The van der Waals surface area contributed by atoms with E-state index >= 15 is 0 Å². The number of ether oxygens (including phenoxy) is 2. The van der Waals surface area contributed by atoms with Gasteiger partial charge in [0.2, 0.25) is 0 Å². The van der Waals surface area contributed by atoms with Crippen LogP contribution in [0.3, 0.4) is 0 Å². The highest BCUT2D eigenvalue weighted by Gasteiger charge is 2.36. The Labute approximate surface area is 222 Å². The molecule has 5 aromatic rings. The number of halogens is 4. The molecule has 2 heterocycles. The summed E-state index contributed by atoms with van der Waals surface area (Å²) in [6, 6.07) is 6.54. The Morgan fingerprint density at radius 1 is 0.382 bits per heavy atom. The van der Waals surface area contributed by atoms with Gasteiger partial charge in [-0.05, 0) is 24.3 Å². The largest absolute Gasteiger partial charge is 0.386 e. The predicted molar refractivity (Wildman–Crippen MR) is 138 cm³/mol. The number of fused-ring (bicyclic) bond motifs is 2. The molecule has 0 fully saturated rings. The summed E-state index contributed by atoms with van der Waals surface area (Å²) in [5, 5.41) is 5.23. The third-order valence-corrected chi connectivity index (χ3v) is 8.87. The van der Waals surface area contributed by atoms with E-state index in [1.54, 1.807) is 24.3 Å². The highest BCUT2D eigenvalue weighted by atomic mass is 79.9. The lowest BCUT2D eigenvalue weighted by molar-refractivity contribution is 0.0373. The molecule has 0 N–H and O–H groups in total. The maximum absolute atomic E-state index is 12.6. The number of carbonyl (C=O) groups excluding carboxylic acids is 4. The maximum atomic E-state index is 12.6. The summed E-state index contributed by atoms with van der Waals surface area (Å²) in [5.74, 6) is -2.89. The number of benzene rings is 5. The third-order valence-electron chi connectivity index (χ3n) is 6.37. The summed E-state index contributed by atoms with van der Waals surface area (Å²) in [6.07, 6.45) is 0. The Hall–Kier alpha value is -2.40. The molecule has 2 aliphatic heterocycles. The molecule has 0 spiro atoms. The highest BCUT2D eigenvalue weighted by molar-refractivity contribution is 9.11. The molecule has 0 saturated heterocycles. The van der Waals surface area contributed by atoms with Crippen LogP contribution < -0.4 is 0 Å². The number of rotatable bonds is 0. The molecular formula is C24H4Br4O6. The summed E-state index contributed by atoms with van der Waals surface area (Å²) >= 11 is 14.5. The Kier molecular flexibility index (Phi) is 4.08. The second-order valence-electron chi connectivity index (χ2n) is 7.98. The topological polar surface area (TPSA) is 86.7 Å². The molecule has 7 rings (SSSR count).